The van der Waals surface area contributed by atoms with E-state index in [1.807, 2.05) is 75.4 Å². The number of hydrogen-bond donors (Lipinski definition) is 1. The van der Waals surface area contributed by atoms with Gasteiger partial charge in [-0.2, -0.15) is 0 Å². The molecule has 1 atom stereocenters. The minimum atomic E-state index is -0.457. The summed E-state index contributed by atoms with van der Waals surface area (Å²) in [5.41, 5.74) is 2.82. The van der Waals surface area contributed by atoms with Crippen molar-refractivity contribution < 1.29 is 4.79 Å². The summed E-state index contributed by atoms with van der Waals surface area (Å²) in [5, 5.41) is 15.0. The number of carbonyl (C=O) groups is 1. The zero-order valence-electron chi connectivity index (χ0n) is 15.0. The zero-order valence-corrected chi connectivity index (χ0v) is 15.8. The molecule has 0 aliphatic rings. The van der Waals surface area contributed by atoms with Crippen molar-refractivity contribution >= 4 is 23.4 Å². The minimum Gasteiger partial charge on any atom is -0.325 e. The fraction of sp³-hybridized carbons (Fsp3) is 0.263. The van der Waals surface area contributed by atoms with E-state index < -0.39 is 5.25 Å². The highest BCUT2D eigenvalue weighted by Crippen LogP contribution is 2.35. The molecular weight excluding hydrogens is 346 g/mol. The highest BCUT2D eigenvalue weighted by atomic mass is 32.2. The van der Waals surface area contributed by atoms with Crippen LogP contribution in [0.2, 0.25) is 0 Å². The molecule has 1 aromatic heterocycles. The van der Waals surface area contributed by atoms with Gasteiger partial charge in [0.05, 0.1) is 6.04 Å². The summed E-state index contributed by atoms with van der Waals surface area (Å²) < 4.78 is 1.72. The molecule has 0 aliphatic heterocycles. The molecule has 6 nitrogen and oxygen atoms in total. The standard InChI is InChI=1S/C19H21N5OS/c1-13(2)24-19(21-22-23-24)26-17(15-7-5-4-6-8-15)18(25)20-16-11-9-14(3)10-12-16/h4-13,17H,1-3H3,(H,20,25)/t17-/m1/s1. The van der Waals surface area contributed by atoms with E-state index >= 15 is 0 Å². The Kier molecular flexibility index (Phi) is 5.68. The van der Waals surface area contributed by atoms with Gasteiger partial charge in [0.25, 0.3) is 0 Å². The van der Waals surface area contributed by atoms with Gasteiger partial charge in [0.2, 0.25) is 11.1 Å². The first-order chi connectivity index (χ1) is 12.5. The topological polar surface area (TPSA) is 72.7 Å². The Morgan fingerprint density at radius 3 is 2.42 bits per heavy atom. The molecule has 0 spiro atoms. The summed E-state index contributed by atoms with van der Waals surface area (Å²) in [5.74, 6) is -0.108. The number of nitrogens with zero attached hydrogens (tertiary/aromatic N) is 4. The van der Waals surface area contributed by atoms with Crippen LogP contribution in [0.3, 0.4) is 0 Å². The lowest BCUT2D eigenvalue weighted by Gasteiger charge is -2.17. The van der Waals surface area contributed by atoms with Gasteiger partial charge >= 0.3 is 0 Å². The van der Waals surface area contributed by atoms with E-state index in [-0.39, 0.29) is 11.9 Å². The Morgan fingerprint density at radius 2 is 1.77 bits per heavy atom. The molecule has 3 aromatic rings. The zero-order chi connectivity index (χ0) is 18.5. The molecule has 1 heterocycles. The summed E-state index contributed by atoms with van der Waals surface area (Å²) in [4.78, 5) is 13.0. The van der Waals surface area contributed by atoms with Crippen LogP contribution < -0.4 is 5.32 Å². The van der Waals surface area contributed by atoms with Crippen molar-refractivity contribution in [2.75, 3.05) is 5.32 Å². The lowest BCUT2D eigenvalue weighted by atomic mass is 10.1. The maximum absolute atomic E-state index is 13.0. The Hall–Kier alpha value is -2.67. The van der Waals surface area contributed by atoms with Gasteiger partial charge < -0.3 is 5.32 Å². The third-order valence-electron chi connectivity index (χ3n) is 3.83. The second-order valence-corrected chi connectivity index (χ2v) is 7.34. The number of amides is 1. The van der Waals surface area contributed by atoms with Gasteiger partial charge in [-0.15, -0.1) is 5.10 Å². The largest absolute Gasteiger partial charge is 0.325 e. The van der Waals surface area contributed by atoms with Gasteiger partial charge in [-0.3, -0.25) is 4.79 Å². The second-order valence-electron chi connectivity index (χ2n) is 6.26. The predicted molar refractivity (Wildman–Crippen MR) is 103 cm³/mol. The molecule has 3 rings (SSSR count). The van der Waals surface area contributed by atoms with Crippen LogP contribution in [0.5, 0.6) is 0 Å². The predicted octanol–water partition coefficient (Wildman–Crippen LogP) is 4.03. The molecule has 0 unspecified atom stereocenters. The van der Waals surface area contributed by atoms with Crippen LogP contribution in [0.15, 0.2) is 59.8 Å². The molecule has 0 fully saturated rings. The fourth-order valence-corrected chi connectivity index (χ4v) is 3.55. The lowest BCUT2D eigenvalue weighted by Crippen LogP contribution is -2.20. The Balaban J connectivity index is 1.87. The van der Waals surface area contributed by atoms with E-state index in [2.05, 4.69) is 20.8 Å². The van der Waals surface area contributed by atoms with Gasteiger partial charge in [-0.05, 0) is 48.9 Å². The number of carbonyl (C=O) groups excluding carboxylic acids is 1. The van der Waals surface area contributed by atoms with E-state index in [0.29, 0.717) is 5.16 Å². The monoisotopic (exact) mass is 367 g/mol. The molecule has 0 saturated heterocycles. The summed E-state index contributed by atoms with van der Waals surface area (Å²) in [6.07, 6.45) is 0. The van der Waals surface area contributed by atoms with Gasteiger partial charge in [0.15, 0.2) is 0 Å². The first-order valence-corrected chi connectivity index (χ1v) is 9.29. The molecule has 0 bridgehead atoms. The van der Waals surface area contributed by atoms with E-state index in [1.165, 1.54) is 11.8 Å². The number of aryl methyl sites for hydroxylation is 1. The normalized spacial score (nSPS) is 12.2. The maximum Gasteiger partial charge on any atom is 0.242 e. The van der Waals surface area contributed by atoms with Crippen molar-refractivity contribution in [1.29, 1.82) is 0 Å². The summed E-state index contributed by atoms with van der Waals surface area (Å²) >= 11 is 1.35. The fourth-order valence-electron chi connectivity index (χ4n) is 2.44. The molecule has 134 valence electrons. The van der Waals surface area contributed by atoms with E-state index in [4.69, 9.17) is 0 Å². The Morgan fingerprint density at radius 1 is 1.08 bits per heavy atom. The van der Waals surface area contributed by atoms with Crippen LogP contribution in [0.25, 0.3) is 0 Å². The molecule has 0 radical (unpaired) electrons. The number of rotatable bonds is 6. The number of hydrogen-bond acceptors (Lipinski definition) is 5. The van der Waals surface area contributed by atoms with Crippen molar-refractivity contribution in [3.8, 4) is 0 Å². The first kappa shape index (κ1) is 18.1. The van der Waals surface area contributed by atoms with Crippen LogP contribution in [-0.4, -0.2) is 26.1 Å². The third-order valence-corrected chi connectivity index (χ3v) is 5.04. The minimum absolute atomic E-state index is 0.108. The molecule has 2 aromatic carbocycles. The Bertz CT molecular complexity index is 861. The second kappa shape index (κ2) is 8.14. The van der Waals surface area contributed by atoms with Gasteiger partial charge in [0, 0.05) is 5.69 Å². The quantitative estimate of drug-likeness (QED) is 0.666. The highest BCUT2D eigenvalue weighted by molar-refractivity contribution is 8.00. The number of nitrogens with one attached hydrogen (secondary N) is 1. The summed E-state index contributed by atoms with van der Waals surface area (Å²) in [6, 6.07) is 17.5. The molecule has 1 amide bonds. The third kappa shape index (κ3) is 4.29. The summed E-state index contributed by atoms with van der Waals surface area (Å²) in [6.45, 7) is 6.02. The average Bonchev–Trinajstić information content (AvgIpc) is 3.11. The lowest BCUT2D eigenvalue weighted by molar-refractivity contribution is -0.115. The van der Waals surface area contributed by atoms with Crippen LogP contribution >= 0.6 is 11.8 Å². The number of anilines is 1. The van der Waals surface area contributed by atoms with Gasteiger partial charge in [0.1, 0.15) is 5.25 Å². The number of thioether (sulfide) groups is 1. The van der Waals surface area contributed by atoms with E-state index in [9.17, 15) is 4.79 Å². The number of benzene rings is 2. The van der Waals surface area contributed by atoms with Crippen LogP contribution in [0.4, 0.5) is 5.69 Å². The van der Waals surface area contributed by atoms with Crippen LogP contribution in [0, 0.1) is 6.92 Å². The van der Waals surface area contributed by atoms with Crippen LogP contribution in [-0.2, 0) is 4.79 Å². The molecule has 7 heteroatoms. The first-order valence-electron chi connectivity index (χ1n) is 8.41. The number of tetrazole rings is 1. The molecule has 0 aliphatic carbocycles. The maximum atomic E-state index is 13.0. The van der Waals surface area contributed by atoms with Gasteiger partial charge in [-0.25, -0.2) is 4.68 Å². The molecule has 26 heavy (non-hydrogen) atoms. The van der Waals surface area contributed by atoms with E-state index in [0.717, 1.165) is 16.8 Å². The SMILES string of the molecule is Cc1ccc(NC(=O)[C@H](Sc2nnnn2C(C)C)c2ccccc2)cc1. The van der Waals surface area contributed by atoms with Gasteiger partial charge in [-0.1, -0.05) is 59.8 Å². The molecule has 1 N–H and O–H groups in total. The van der Waals surface area contributed by atoms with Crippen molar-refractivity contribution in [1.82, 2.24) is 20.2 Å². The molecular formula is C19H21N5OS. The van der Waals surface area contributed by atoms with Crippen molar-refractivity contribution in [3.05, 3.63) is 65.7 Å². The molecule has 0 saturated carbocycles. The van der Waals surface area contributed by atoms with Crippen LogP contribution in [0.1, 0.15) is 36.3 Å². The average molecular weight is 367 g/mol. The smallest absolute Gasteiger partial charge is 0.242 e. The van der Waals surface area contributed by atoms with E-state index in [1.54, 1.807) is 4.68 Å². The van der Waals surface area contributed by atoms with Crippen molar-refractivity contribution in [2.24, 2.45) is 0 Å². The van der Waals surface area contributed by atoms with Crippen molar-refractivity contribution in [2.45, 2.75) is 37.2 Å². The number of aromatic nitrogens is 4. The highest BCUT2D eigenvalue weighted by Gasteiger charge is 2.25. The van der Waals surface area contributed by atoms with Crippen molar-refractivity contribution in [3.63, 3.8) is 0 Å². The summed E-state index contributed by atoms with van der Waals surface area (Å²) in [7, 11) is 0. The Labute approximate surface area is 157 Å².